The summed E-state index contributed by atoms with van der Waals surface area (Å²) in [5.74, 6) is 0. The van der Waals surface area contributed by atoms with Crippen molar-refractivity contribution in [3.8, 4) is 16.9 Å². The number of benzene rings is 2. The van der Waals surface area contributed by atoms with Gasteiger partial charge in [0.2, 0.25) is 0 Å². The summed E-state index contributed by atoms with van der Waals surface area (Å²) in [4.78, 5) is 0. The first kappa shape index (κ1) is 15.8. The van der Waals surface area contributed by atoms with Crippen molar-refractivity contribution in [2.75, 3.05) is 0 Å². The minimum atomic E-state index is -4.48. The van der Waals surface area contributed by atoms with Crippen molar-refractivity contribution in [2.24, 2.45) is 0 Å². The van der Waals surface area contributed by atoms with Gasteiger partial charge in [-0.1, -0.05) is 58.4 Å². The van der Waals surface area contributed by atoms with Crippen LogP contribution >= 0.6 is 15.9 Å². The molecular formula is C17H12BrF3N2. The Hall–Kier alpha value is -2.08. The zero-order valence-electron chi connectivity index (χ0n) is 11.9. The van der Waals surface area contributed by atoms with Crippen LogP contribution in [0.15, 0.2) is 60.7 Å². The standard InChI is InChI=1S/C17H12BrF3N2/c18-11-12-6-8-13(9-7-12)15-10-16(17(19,20)21)22-23(15)14-4-2-1-3-5-14/h1-10H,11H2. The molecule has 0 amide bonds. The molecule has 3 rings (SSSR count). The van der Waals surface area contributed by atoms with Crippen LogP contribution in [0.3, 0.4) is 0 Å². The van der Waals surface area contributed by atoms with Gasteiger partial charge in [-0.05, 0) is 23.8 Å². The first-order valence-electron chi connectivity index (χ1n) is 6.87. The van der Waals surface area contributed by atoms with Crippen molar-refractivity contribution in [1.29, 1.82) is 0 Å². The summed E-state index contributed by atoms with van der Waals surface area (Å²) in [7, 11) is 0. The Labute approximate surface area is 139 Å². The molecule has 118 valence electrons. The molecule has 1 heterocycles. The Kier molecular flexibility index (Phi) is 4.26. The highest BCUT2D eigenvalue weighted by Crippen LogP contribution is 2.33. The molecule has 0 aliphatic carbocycles. The maximum absolute atomic E-state index is 13.0. The van der Waals surface area contributed by atoms with Crippen LogP contribution in [0.1, 0.15) is 11.3 Å². The fourth-order valence-electron chi connectivity index (χ4n) is 2.26. The van der Waals surface area contributed by atoms with Gasteiger partial charge in [0.25, 0.3) is 0 Å². The summed E-state index contributed by atoms with van der Waals surface area (Å²) < 4.78 is 40.5. The largest absolute Gasteiger partial charge is 0.435 e. The Bertz CT molecular complexity index is 793. The van der Waals surface area contributed by atoms with E-state index in [-0.39, 0.29) is 0 Å². The molecule has 0 aliphatic heterocycles. The second-order valence-electron chi connectivity index (χ2n) is 4.99. The fraction of sp³-hybridized carbons (Fsp3) is 0.118. The zero-order chi connectivity index (χ0) is 16.4. The van der Waals surface area contributed by atoms with Crippen LogP contribution < -0.4 is 0 Å². The van der Waals surface area contributed by atoms with E-state index >= 15 is 0 Å². The lowest BCUT2D eigenvalue weighted by molar-refractivity contribution is -0.141. The van der Waals surface area contributed by atoms with Gasteiger partial charge >= 0.3 is 6.18 Å². The predicted octanol–water partition coefficient (Wildman–Crippen LogP) is 5.45. The summed E-state index contributed by atoms with van der Waals surface area (Å²) >= 11 is 3.35. The van der Waals surface area contributed by atoms with E-state index in [2.05, 4.69) is 21.0 Å². The third-order valence-corrected chi connectivity index (χ3v) is 4.05. The summed E-state index contributed by atoms with van der Waals surface area (Å²) in [6, 6.07) is 17.2. The molecule has 23 heavy (non-hydrogen) atoms. The number of aromatic nitrogens is 2. The molecule has 0 N–H and O–H groups in total. The van der Waals surface area contributed by atoms with Gasteiger partial charge in [-0.25, -0.2) is 4.68 Å². The van der Waals surface area contributed by atoms with Gasteiger partial charge in [-0.15, -0.1) is 0 Å². The highest BCUT2D eigenvalue weighted by atomic mass is 79.9. The molecule has 0 spiro atoms. The molecular weight excluding hydrogens is 369 g/mol. The van der Waals surface area contributed by atoms with Crippen LogP contribution in [-0.2, 0) is 11.5 Å². The van der Waals surface area contributed by atoms with Crippen molar-refractivity contribution in [3.05, 3.63) is 71.9 Å². The second-order valence-corrected chi connectivity index (χ2v) is 5.55. The van der Waals surface area contributed by atoms with Gasteiger partial charge in [0, 0.05) is 10.9 Å². The van der Waals surface area contributed by atoms with E-state index in [1.54, 1.807) is 36.4 Å². The Morgan fingerprint density at radius 2 is 1.61 bits per heavy atom. The minimum absolute atomic E-state index is 0.407. The van der Waals surface area contributed by atoms with Crippen molar-refractivity contribution in [1.82, 2.24) is 9.78 Å². The molecule has 0 aliphatic rings. The Balaban J connectivity index is 2.15. The normalized spacial score (nSPS) is 11.7. The van der Waals surface area contributed by atoms with Crippen LogP contribution in [-0.4, -0.2) is 9.78 Å². The van der Waals surface area contributed by atoms with Crippen LogP contribution in [0.2, 0.25) is 0 Å². The number of hydrogen-bond donors (Lipinski definition) is 0. The smallest absolute Gasteiger partial charge is 0.233 e. The predicted molar refractivity (Wildman–Crippen MR) is 86.6 cm³/mol. The SMILES string of the molecule is FC(F)(F)c1cc(-c2ccc(CBr)cc2)n(-c2ccccc2)n1. The van der Waals surface area contributed by atoms with Crippen LogP contribution in [0, 0.1) is 0 Å². The van der Waals surface area contributed by atoms with E-state index in [9.17, 15) is 13.2 Å². The van der Waals surface area contributed by atoms with E-state index in [1.807, 2.05) is 18.2 Å². The first-order chi connectivity index (χ1) is 11.0. The highest BCUT2D eigenvalue weighted by molar-refractivity contribution is 9.08. The lowest BCUT2D eigenvalue weighted by atomic mass is 10.1. The Morgan fingerprint density at radius 1 is 0.957 bits per heavy atom. The molecule has 2 nitrogen and oxygen atoms in total. The molecule has 0 saturated heterocycles. The lowest BCUT2D eigenvalue weighted by Gasteiger charge is -2.08. The maximum Gasteiger partial charge on any atom is 0.435 e. The van der Waals surface area contributed by atoms with Gasteiger partial charge in [0.15, 0.2) is 5.69 Å². The molecule has 0 bridgehead atoms. The van der Waals surface area contributed by atoms with Gasteiger partial charge in [0.05, 0.1) is 11.4 Å². The fourth-order valence-corrected chi connectivity index (χ4v) is 2.63. The topological polar surface area (TPSA) is 17.8 Å². The summed E-state index contributed by atoms with van der Waals surface area (Å²) in [6.45, 7) is 0. The summed E-state index contributed by atoms with van der Waals surface area (Å²) in [5, 5.41) is 4.45. The van der Waals surface area contributed by atoms with Crippen molar-refractivity contribution in [2.45, 2.75) is 11.5 Å². The van der Waals surface area contributed by atoms with Gasteiger partial charge < -0.3 is 0 Å². The third kappa shape index (κ3) is 3.32. The maximum atomic E-state index is 13.0. The highest BCUT2D eigenvalue weighted by Gasteiger charge is 2.35. The van der Waals surface area contributed by atoms with E-state index in [4.69, 9.17) is 0 Å². The monoisotopic (exact) mass is 380 g/mol. The van der Waals surface area contributed by atoms with Gasteiger partial charge in [0.1, 0.15) is 0 Å². The quantitative estimate of drug-likeness (QED) is 0.552. The number of alkyl halides is 4. The second kappa shape index (κ2) is 6.20. The van der Waals surface area contributed by atoms with Gasteiger partial charge in [-0.2, -0.15) is 18.3 Å². The number of hydrogen-bond acceptors (Lipinski definition) is 1. The number of rotatable bonds is 3. The van der Waals surface area contributed by atoms with Crippen LogP contribution in [0.25, 0.3) is 16.9 Å². The Morgan fingerprint density at radius 3 is 2.17 bits per heavy atom. The van der Waals surface area contributed by atoms with Crippen molar-refractivity contribution >= 4 is 15.9 Å². The summed E-state index contributed by atoms with van der Waals surface area (Å²) in [6.07, 6.45) is -4.48. The van der Waals surface area contributed by atoms with Crippen molar-refractivity contribution in [3.63, 3.8) is 0 Å². The van der Waals surface area contributed by atoms with E-state index < -0.39 is 11.9 Å². The van der Waals surface area contributed by atoms with E-state index in [1.165, 1.54) is 4.68 Å². The van der Waals surface area contributed by atoms with Crippen molar-refractivity contribution < 1.29 is 13.2 Å². The zero-order valence-corrected chi connectivity index (χ0v) is 13.5. The van der Waals surface area contributed by atoms with E-state index in [0.29, 0.717) is 22.3 Å². The lowest BCUT2D eigenvalue weighted by Crippen LogP contribution is -2.07. The molecule has 0 fully saturated rings. The summed E-state index contributed by atoms with van der Waals surface area (Å²) in [5.41, 5.74) is 1.82. The number of halogens is 4. The molecule has 0 atom stereocenters. The molecule has 2 aromatic carbocycles. The first-order valence-corrected chi connectivity index (χ1v) is 7.99. The molecule has 6 heteroatoms. The molecule has 0 radical (unpaired) electrons. The molecule has 0 saturated carbocycles. The number of nitrogens with zero attached hydrogens (tertiary/aromatic N) is 2. The third-order valence-electron chi connectivity index (χ3n) is 3.40. The van der Waals surface area contributed by atoms with Crippen LogP contribution in [0.4, 0.5) is 13.2 Å². The average Bonchev–Trinajstić information content (AvgIpc) is 3.01. The van der Waals surface area contributed by atoms with Crippen LogP contribution in [0.5, 0.6) is 0 Å². The molecule has 0 unspecified atom stereocenters. The number of para-hydroxylation sites is 1. The van der Waals surface area contributed by atoms with Gasteiger partial charge in [-0.3, -0.25) is 0 Å². The minimum Gasteiger partial charge on any atom is -0.233 e. The van der Waals surface area contributed by atoms with E-state index in [0.717, 1.165) is 11.6 Å². The molecule has 1 aromatic heterocycles. The average molecular weight is 381 g/mol. The molecule has 3 aromatic rings.